The number of hydrogen-bond donors (Lipinski definition) is 2. The van der Waals surface area contributed by atoms with Gasteiger partial charge in [-0.25, -0.2) is 9.59 Å². The lowest BCUT2D eigenvalue weighted by atomic mass is 10.00. The van der Waals surface area contributed by atoms with Crippen LogP contribution in [-0.4, -0.2) is 50.7 Å². The molecule has 172 valence electrons. The Hall–Kier alpha value is -3.24. The third-order valence-electron chi connectivity index (χ3n) is 4.56. The number of aryl methyl sites for hydroxylation is 3. The molecule has 0 aliphatic heterocycles. The topological polar surface area (TPSA) is 134 Å². The summed E-state index contributed by atoms with van der Waals surface area (Å²) >= 11 is 0.848. The molecule has 2 rings (SSSR count). The summed E-state index contributed by atoms with van der Waals surface area (Å²) in [7, 11) is 1.46. The molecule has 0 fully saturated rings. The Morgan fingerprint density at radius 3 is 2.09 bits per heavy atom. The highest BCUT2D eigenvalue weighted by Crippen LogP contribution is 2.33. The molecule has 0 radical (unpaired) electrons. The number of rotatable bonds is 9. The SMILES string of the molecule is COCCOC(=O)c1c(NC(=O)COC(=O)c2c(C)cc(C)cc2C)sc(C(N)=O)c1C. The number of ether oxygens (including phenoxy) is 3. The van der Waals surface area contributed by atoms with E-state index in [1.807, 2.05) is 19.1 Å². The first-order valence-electron chi connectivity index (χ1n) is 9.70. The summed E-state index contributed by atoms with van der Waals surface area (Å²) in [6, 6.07) is 3.70. The van der Waals surface area contributed by atoms with E-state index < -0.39 is 30.4 Å². The fourth-order valence-corrected chi connectivity index (χ4v) is 4.30. The van der Waals surface area contributed by atoms with Gasteiger partial charge in [-0.1, -0.05) is 17.7 Å². The number of benzene rings is 1. The molecule has 1 aromatic heterocycles. The van der Waals surface area contributed by atoms with Crippen molar-refractivity contribution in [2.24, 2.45) is 5.73 Å². The lowest BCUT2D eigenvalue weighted by Gasteiger charge is -2.11. The van der Waals surface area contributed by atoms with Crippen LogP contribution >= 0.6 is 11.3 Å². The van der Waals surface area contributed by atoms with E-state index in [1.54, 1.807) is 13.8 Å². The van der Waals surface area contributed by atoms with E-state index in [2.05, 4.69) is 5.32 Å². The van der Waals surface area contributed by atoms with E-state index in [4.69, 9.17) is 19.9 Å². The molecular weight excluding hydrogens is 436 g/mol. The van der Waals surface area contributed by atoms with Gasteiger partial charge in [0.15, 0.2) is 6.61 Å². The Kier molecular flexibility index (Phi) is 8.50. The highest BCUT2D eigenvalue weighted by atomic mass is 32.1. The van der Waals surface area contributed by atoms with Crippen LogP contribution in [0.4, 0.5) is 5.00 Å². The number of primary amides is 1. The summed E-state index contributed by atoms with van der Waals surface area (Å²) in [5.74, 6) is -2.78. The van der Waals surface area contributed by atoms with Crippen molar-refractivity contribution in [3.8, 4) is 0 Å². The van der Waals surface area contributed by atoms with E-state index in [9.17, 15) is 19.2 Å². The van der Waals surface area contributed by atoms with Gasteiger partial charge in [-0.05, 0) is 44.4 Å². The second-order valence-electron chi connectivity index (χ2n) is 7.15. The number of amides is 2. The number of esters is 2. The first kappa shape index (κ1) is 25.0. The van der Waals surface area contributed by atoms with Crippen LogP contribution in [0.3, 0.4) is 0 Å². The third-order valence-corrected chi connectivity index (χ3v) is 5.79. The van der Waals surface area contributed by atoms with Gasteiger partial charge < -0.3 is 25.3 Å². The molecule has 0 aliphatic carbocycles. The smallest absolute Gasteiger partial charge is 0.341 e. The fraction of sp³-hybridized carbons (Fsp3) is 0.364. The molecule has 0 atom stereocenters. The van der Waals surface area contributed by atoms with Gasteiger partial charge in [0, 0.05) is 7.11 Å². The molecule has 0 unspecified atom stereocenters. The van der Waals surface area contributed by atoms with Crippen molar-refractivity contribution in [3.05, 3.63) is 50.4 Å². The maximum Gasteiger partial charge on any atom is 0.341 e. The molecule has 2 amide bonds. The van der Waals surface area contributed by atoms with Gasteiger partial charge in [0.25, 0.3) is 11.8 Å². The largest absolute Gasteiger partial charge is 0.460 e. The summed E-state index contributed by atoms with van der Waals surface area (Å²) in [6.07, 6.45) is 0. The van der Waals surface area contributed by atoms with Gasteiger partial charge >= 0.3 is 11.9 Å². The molecule has 0 bridgehead atoms. The molecule has 10 heteroatoms. The maximum absolute atomic E-state index is 12.5. The monoisotopic (exact) mass is 462 g/mol. The molecule has 3 N–H and O–H groups in total. The lowest BCUT2D eigenvalue weighted by Crippen LogP contribution is -2.22. The van der Waals surface area contributed by atoms with E-state index in [0.717, 1.165) is 28.0 Å². The average molecular weight is 463 g/mol. The summed E-state index contributed by atoms with van der Waals surface area (Å²) in [5.41, 5.74) is 8.58. The number of methoxy groups -OCH3 is 1. The molecule has 1 aromatic carbocycles. The zero-order valence-corrected chi connectivity index (χ0v) is 19.4. The summed E-state index contributed by atoms with van der Waals surface area (Å²) in [4.78, 5) is 49.2. The van der Waals surface area contributed by atoms with Crippen molar-refractivity contribution in [1.82, 2.24) is 0 Å². The Balaban J connectivity index is 2.15. The number of anilines is 1. The summed E-state index contributed by atoms with van der Waals surface area (Å²) < 4.78 is 15.1. The van der Waals surface area contributed by atoms with Crippen molar-refractivity contribution >= 4 is 40.1 Å². The lowest BCUT2D eigenvalue weighted by molar-refractivity contribution is -0.119. The third kappa shape index (κ3) is 5.92. The van der Waals surface area contributed by atoms with E-state index in [-0.39, 0.29) is 28.7 Å². The predicted octanol–water partition coefficient (Wildman–Crippen LogP) is 2.68. The van der Waals surface area contributed by atoms with Gasteiger partial charge in [0.05, 0.1) is 22.6 Å². The van der Waals surface area contributed by atoms with E-state index in [1.165, 1.54) is 14.0 Å². The van der Waals surface area contributed by atoms with Crippen LogP contribution in [0, 0.1) is 27.7 Å². The highest BCUT2D eigenvalue weighted by Gasteiger charge is 2.26. The predicted molar refractivity (Wildman–Crippen MR) is 119 cm³/mol. The van der Waals surface area contributed by atoms with Gasteiger partial charge in [-0.2, -0.15) is 0 Å². The van der Waals surface area contributed by atoms with Gasteiger partial charge in [-0.15, -0.1) is 11.3 Å². The van der Waals surface area contributed by atoms with Crippen LogP contribution in [0.5, 0.6) is 0 Å². The Morgan fingerprint density at radius 2 is 1.53 bits per heavy atom. The van der Waals surface area contributed by atoms with Crippen molar-refractivity contribution in [2.75, 3.05) is 32.2 Å². The maximum atomic E-state index is 12.5. The van der Waals surface area contributed by atoms with Crippen LogP contribution in [0.25, 0.3) is 0 Å². The Bertz CT molecular complexity index is 1040. The standard InChI is InChI=1S/C22H26N2O7S/c1-11-8-12(2)16(13(3)9-11)21(27)31-10-15(25)24-20-17(22(28)30-7-6-29-5)14(4)18(32-20)19(23)26/h8-9H,6-7,10H2,1-5H3,(H2,23,26)(H,24,25). The van der Waals surface area contributed by atoms with Crippen LogP contribution < -0.4 is 11.1 Å². The molecule has 0 saturated carbocycles. The minimum Gasteiger partial charge on any atom is -0.460 e. The minimum atomic E-state index is -0.740. The quantitative estimate of drug-likeness (QED) is 0.432. The minimum absolute atomic E-state index is 0.00320. The van der Waals surface area contributed by atoms with Gasteiger partial charge in [0.2, 0.25) is 0 Å². The van der Waals surface area contributed by atoms with Crippen LogP contribution in [0.1, 0.15) is 52.6 Å². The zero-order valence-electron chi connectivity index (χ0n) is 18.6. The molecule has 0 aliphatic rings. The number of thiophene rings is 1. The second-order valence-corrected chi connectivity index (χ2v) is 8.17. The molecule has 32 heavy (non-hydrogen) atoms. The number of carbonyl (C=O) groups is 4. The molecule has 2 aromatic rings. The van der Waals surface area contributed by atoms with Crippen LogP contribution in [0.2, 0.25) is 0 Å². The van der Waals surface area contributed by atoms with Crippen LogP contribution in [0.15, 0.2) is 12.1 Å². The second kappa shape index (κ2) is 10.9. The Labute approximate surface area is 189 Å². The van der Waals surface area contributed by atoms with E-state index in [0.29, 0.717) is 11.1 Å². The van der Waals surface area contributed by atoms with E-state index >= 15 is 0 Å². The van der Waals surface area contributed by atoms with Crippen molar-refractivity contribution in [3.63, 3.8) is 0 Å². The molecule has 0 saturated heterocycles. The first-order valence-corrected chi connectivity index (χ1v) is 10.5. The Morgan fingerprint density at radius 1 is 0.938 bits per heavy atom. The number of carbonyl (C=O) groups excluding carboxylic acids is 4. The number of nitrogens with one attached hydrogen (secondary N) is 1. The molecular formula is C22H26N2O7S. The molecule has 0 spiro atoms. The fourth-order valence-electron chi connectivity index (χ4n) is 3.24. The van der Waals surface area contributed by atoms with Crippen molar-refractivity contribution in [1.29, 1.82) is 0 Å². The van der Waals surface area contributed by atoms with Gasteiger partial charge in [0.1, 0.15) is 11.6 Å². The van der Waals surface area contributed by atoms with Crippen molar-refractivity contribution < 1.29 is 33.4 Å². The average Bonchev–Trinajstić information content (AvgIpc) is 3.01. The highest BCUT2D eigenvalue weighted by molar-refractivity contribution is 7.18. The van der Waals surface area contributed by atoms with Crippen LogP contribution in [-0.2, 0) is 19.0 Å². The molecule has 9 nitrogen and oxygen atoms in total. The summed E-state index contributed by atoms with van der Waals surface area (Å²) in [6.45, 7) is 6.64. The summed E-state index contributed by atoms with van der Waals surface area (Å²) in [5, 5.41) is 2.59. The first-order chi connectivity index (χ1) is 15.1. The van der Waals surface area contributed by atoms with Gasteiger partial charge in [-0.3, -0.25) is 9.59 Å². The molecule has 1 heterocycles. The number of hydrogen-bond acceptors (Lipinski definition) is 8. The zero-order chi connectivity index (χ0) is 24.0. The van der Waals surface area contributed by atoms with Crippen molar-refractivity contribution in [2.45, 2.75) is 27.7 Å². The number of nitrogens with two attached hydrogens (primary N) is 1. The normalized spacial score (nSPS) is 10.5.